The standard InChI is InChI=1S/C15H26N2O3/c1-14(2)6-5-9-17(11(14)12(18)19)13(20)16-10-15(3)7-4-8-15/h11H,4-10H2,1-3H3,(H,16,20)(H,18,19). The molecule has 0 spiro atoms. The summed E-state index contributed by atoms with van der Waals surface area (Å²) in [7, 11) is 0. The molecule has 114 valence electrons. The first-order valence-corrected chi connectivity index (χ1v) is 7.53. The van der Waals surface area contributed by atoms with E-state index in [0.717, 1.165) is 25.7 Å². The highest BCUT2D eigenvalue weighted by Crippen LogP contribution is 2.40. The molecule has 0 aromatic heterocycles. The second kappa shape index (κ2) is 5.26. The number of hydrogen-bond donors (Lipinski definition) is 2. The highest BCUT2D eigenvalue weighted by molar-refractivity contribution is 5.83. The van der Waals surface area contributed by atoms with Crippen molar-refractivity contribution < 1.29 is 14.7 Å². The monoisotopic (exact) mass is 282 g/mol. The Morgan fingerprint density at radius 1 is 1.20 bits per heavy atom. The molecule has 1 saturated carbocycles. The minimum absolute atomic E-state index is 0.208. The summed E-state index contributed by atoms with van der Waals surface area (Å²) in [5.74, 6) is -0.903. The van der Waals surface area contributed by atoms with Crippen LogP contribution in [0.25, 0.3) is 0 Å². The zero-order valence-corrected chi connectivity index (χ0v) is 12.7. The van der Waals surface area contributed by atoms with E-state index in [9.17, 15) is 14.7 Å². The maximum Gasteiger partial charge on any atom is 0.327 e. The SMILES string of the molecule is CC1(CNC(=O)N2CCCC(C)(C)C2C(=O)O)CCC1. The van der Waals surface area contributed by atoms with E-state index in [2.05, 4.69) is 12.2 Å². The third kappa shape index (κ3) is 2.91. The number of amides is 2. The number of nitrogens with zero attached hydrogens (tertiary/aromatic N) is 1. The van der Waals surface area contributed by atoms with Crippen LogP contribution in [0, 0.1) is 10.8 Å². The molecule has 1 aliphatic heterocycles. The average molecular weight is 282 g/mol. The summed E-state index contributed by atoms with van der Waals surface area (Å²) >= 11 is 0. The van der Waals surface area contributed by atoms with E-state index >= 15 is 0 Å². The van der Waals surface area contributed by atoms with E-state index < -0.39 is 12.0 Å². The van der Waals surface area contributed by atoms with Crippen molar-refractivity contribution in [3.63, 3.8) is 0 Å². The van der Waals surface area contributed by atoms with Crippen LogP contribution in [0.3, 0.4) is 0 Å². The first kappa shape index (κ1) is 15.1. The summed E-state index contributed by atoms with van der Waals surface area (Å²) in [5, 5.41) is 12.4. The van der Waals surface area contributed by atoms with E-state index in [-0.39, 0.29) is 16.9 Å². The molecule has 1 aliphatic carbocycles. The molecule has 20 heavy (non-hydrogen) atoms. The maximum absolute atomic E-state index is 12.3. The number of carbonyl (C=O) groups is 2. The normalized spacial score (nSPS) is 27.6. The van der Waals surface area contributed by atoms with Gasteiger partial charge in [-0.15, -0.1) is 0 Å². The van der Waals surface area contributed by atoms with Crippen LogP contribution in [-0.2, 0) is 4.79 Å². The Morgan fingerprint density at radius 2 is 1.85 bits per heavy atom. The number of urea groups is 1. The molecule has 0 aromatic rings. The van der Waals surface area contributed by atoms with Gasteiger partial charge in [0.1, 0.15) is 6.04 Å². The van der Waals surface area contributed by atoms with Crippen LogP contribution < -0.4 is 5.32 Å². The summed E-state index contributed by atoms with van der Waals surface area (Å²) in [6, 6.07) is -0.955. The van der Waals surface area contributed by atoms with Crippen LogP contribution in [0.1, 0.15) is 52.9 Å². The number of likely N-dealkylation sites (tertiary alicyclic amines) is 1. The fourth-order valence-corrected chi connectivity index (χ4v) is 3.43. The van der Waals surface area contributed by atoms with Crippen molar-refractivity contribution in [3.05, 3.63) is 0 Å². The fourth-order valence-electron chi connectivity index (χ4n) is 3.43. The Balaban J connectivity index is 2.01. The van der Waals surface area contributed by atoms with E-state index in [1.54, 1.807) is 0 Å². The van der Waals surface area contributed by atoms with Crippen LogP contribution in [-0.4, -0.2) is 41.1 Å². The van der Waals surface area contributed by atoms with Crippen LogP contribution in [0.2, 0.25) is 0 Å². The average Bonchev–Trinajstić information content (AvgIpc) is 2.31. The van der Waals surface area contributed by atoms with Gasteiger partial charge in [-0.2, -0.15) is 0 Å². The molecule has 0 radical (unpaired) electrons. The zero-order chi connectivity index (χ0) is 15.0. The number of piperidine rings is 1. The lowest BCUT2D eigenvalue weighted by Crippen LogP contribution is -2.59. The highest BCUT2D eigenvalue weighted by Gasteiger charge is 2.45. The van der Waals surface area contributed by atoms with Crippen molar-refractivity contribution in [3.8, 4) is 0 Å². The molecular formula is C15H26N2O3. The predicted octanol–water partition coefficient (Wildman–Crippen LogP) is 2.46. The molecule has 1 heterocycles. The molecule has 1 atom stereocenters. The van der Waals surface area contributed by atoms with Gasteiger partial charge in [-0.05, 0) is 36.5 Å². The molecule has 0 bridgehead atoms. The Kier molecular flexibility index (Phi) is 3.98. The van der Waals surface area contributed by atoms with Crippen LogP contribution in [0.5, 0.6) is 0 Å². The fraction of sp³-hybridized carbons (Fsp3) is 0.867. The Labute approximate surface area is 120 Å². The number of rotatable bonds is 3. The largest absolute Gasteiger partial charge is 0.480 e. The second-order valence-corrected chi connectivity index (χ2v) is 7.35. The molecular weight excluding hydrogens is 256 g/mol. The molecule has 5 nitrogen and oxygen atoms in total. The van der Waals surface area contributed by atoms with Gasteiger partial charge in [-0.1, -0.05) is 27.2 Å². The van der Waals surface area contributed by atoms with Crippen molar-refractivity contribution in [2.24, 2.45) is 10.8 Å². The molecule has 2 amide bonds. The van der Waals surface area contributed by atoms with Gasteiger partial charge >= 0.3 is 12.0 Å². The molecule has 1 saturated heterocycles. The Hall–Kier alpha value is -1.26. The van der Waals surface area contributed by atoms with Gasteiger partial charge in [-0.25, -0.2) is 9.59 Å². The minimum Gasteiger partial charge on any atom is -0.480 e. The molecule has 2 fully saturated rings. The van der Waals surface area contributed by atoms with Gasteiger partial charge in [0, 0.05) is 13.1 Å². The van der Waals surface area contributed by atoms with Crippen molar-refractivity contribution in [1.29, 1.82) is 0 Å². The van der Waals surface area contributed by atoms with Crippen molar-refractivity contribution in [2.75, 3.05) is 13.1 Å². The predicted molar refractivity (Wildman–Crippen MR) is 76.5 cm³/mol. The van der Waals surface area contributed by atoms with Crippen LogP contribution in [0.15, 0.2) is 0 Å². The quantitative estimate of drug-likeness (QED) is 0.835. The van der Waals surface area contributed by atoms with Crippen molar-refractivity contribution in [2.45, 2.75) is 58.9 Å². The van der Waals surface area contributed by atoms with Gasteiger partial charge < -0.3 is 15.3 Å². The first-order valence-electron chi connectivity index (χ1n) is 7.53. The lowest BCUT2D eigenvalue weighted by Gasteiger charge is -2.45. The third-order valence-electron chi connectivity index (χ3n) is 4.99. The van der Waals surface area contributed by atoms with E-state index in [4.69, 9.17) is 0 Å². The van der Waals surface area contributed by atoms with Gasteiger partial charge in [0.05, 0.1) is 0 Å². The lowest BCUT2D eigenvalue weighted by atomic mass is 9.70. The third-order valence-corrected chi connectivity index (χ3v) is 4.99. The smallest absolute Gasteiger partial charge is 0.327 e. The van der Waals surface area contributed by atoms with Crippen LogP contribution in [0.4, 0.5) is 4.79 Å². The first-order chi connectivity index (χ1) is 9.25. The van der Waals surface area contributed by atoms with Crippen molar-refractivity contribution in [1.82, 2.24) is 10.2 Å². The number of carboxylic acid groups (broad SMARTS) is 1. The molecule has 0 aromatic carbocycles. The van der Waals surface area contributed by atoms with Gasteiger partial charge in [0.25, 0.3) is 0 Å². The highest BCUT2D eigenvalue weighted by atomic mass is 16.4. The van der Waals surface area contributed by atoms with Gasteiger partial charge in [0.15, 0.2) is 0 Å². The van der Waals surface area contributed by atoms with Crippen molar-refractivity contribution >= 4 is 12.0 Å². The summed E-state index contributed by atoms with van der Waals surface area (Å²) in [6.07, 6.45) is 5.20. The van der Waals surface area contributed by atoms with E-state index in [0.29, 0.717) is 13.1 Å². The number of hydrogen-bond acceptors (Lipinski definition) is 2. The molecule has 2 rings (SSSR count). The van der Waals surface area contributed by atoms with E-state index in [1.165, 1.54) is 11.3 Å². The summed E-state index contributed by atoms with van der Waals surface area (Å²) < 4.78 is 0. The second-order valence-electron chi connectivity index (χ2n) is 7.35. The molecule has 2 N–H and O–H groups in total. The Bertz CT molecular complexity index is 402. The Morgan fingerprint density at radius 3 is 2.35 bits per heavy atom. The molecule has 5 heteroatoms. The van der Waals surface area contributed by atoms with Gasteiger partial charge in [-0.3, -0.25) is 0 Å². The zero-order valence-electron chi connectivity index (χ0n) is 12.7. The van der Waals surface area contributed by atoms with E-state index in [1.807, 2.05) is 13.8 Å². The summed E-state index contributed by atoms with van der Waals surface area (Å²) in [6.45, 7) is 7.21. The number of carboxylic acids is 1. The number of nitrogens with one attached hydrogen (secondary N) is 1. The molecule has 1 unspecified atom stereocenters. The number of carbonyl (C=O) groups excluding carboxylic acids is 1. The van der Waals surface area contributed by atoms with Gasteiger partial charge in [0.2, 0.25) is 0 Å². The molecule has 2 aliphatic rings. The topological polar surface area (TPSA) is 69.6 Å². The lowest BCUT2D eigenvalue weighted by molar-refractivity contribution is -0.148. The maximum atomic E-state index is 12.3. The summed E-state index contributed by atoms with van der Waals surface area (Å²) in [5.41, 5.74) is -0.165. The minimum atomic E-state index is -0.903. The summed E-state index contributed by atoms with van der Waals surface area (Å²) in [4.78, 5) is 25.4. The van der Waals surface area contributed by atoms with Crippen LogP contribution >= 0.6 is 0 Å². The number of aliphatic carboxylic acids is 1.